The van der Waals surface area contributed by atoms with E-state index in [2.05, 4.69) is 19.8 Å². The van der Waals surface area contributed by atoms with E-state index in [0.717, 1.165) is 36.8 Å². The van der Waals surface area contributed by atoms with Crippen molar-refractivity contribution >= 4 is 21.1 Å². The first kappa shape index (κ1) is 23.4. The molecule has 1 fully saturated rings. The lowest BCUT2D eigenvalue weighted by molar-refractivity contribution is 0.354. The monoisotopic (exact) mass is 493 g/mol. The summed E-state index contributed by atoms with van der Waals surface area (Å²) in [5.74, 6) is 0.470. The first-order valence-corrected chi connectivity index (χ1v) is 13.2. The minimum absolute atomic E-state index is 0.0475. The third-order valence-corrected chi connectivity index (χ3v) is 8.03. The van der Waals surface area contributed by atoms with Gasteiger partial charge in [0.1, 0.15) is 5.69 Å². The van der Waals surface area contributed by atoms with E-state index in [1.54, 1.807) is 38.1 Å². The fourth-order valence-electron chi connectivity index (χ4n) is 4.59. The van der Waals surface area contributed by atoms with Gasteiger partial charge in [-0.1, -0.05) is 35.7 Å². The van der Waals surface area contributed by atoms with E-state index < -0.39 is 16.1 Å². The molecule has 5 rings (SSSR count). The van der Waals surface area contributed by atoms with Crippen LogP contribution in [0.3, 0.4) is 0 Å². The number of aromatic nitrogens is 4. The molecule has 0 amide bonds. The van der Waals surface area contributed by atoms with Crippen LogP contribution in [0.4, 0.5) is 0 Å². The van der Waals surface area contributed by atoms with Gasteiger partial charge < -0.3 is 9.09 Å². The Kier molecular flexibility index (Phi) is 6.02. The van der Waals surface area contributed by atoms with E-state index in [4.69, 9.17) is 4.52 Å². The van der Waals surface area contributed by atoms with Gasteiger partial charge in [0.05, 0.1) is 22.0 Å². The van der Waals surface area contributed by atoms with Crippen LogP contribution in [0.25, 0.3) is 22.4 Å². The van der Waals surface area contributed by atoms with Crippen molar-refractivity contribution in [1.29, 1.82) is 0 Å². The largest absolute Gasteiger partial charge is 0.337 e. The minimum atomic E-state index is -3.75. The van der Waals surface area contributed by atoms with Gasteiger partial charge in [0.25, 0.3) is 5.56 Å². The highest BCUT2D eigenvalue weighted by atomic mass is 32.2. The number of nitrogens with one attached hydrogen (secondary N) is 1. The van der Waals surface area contributed by atoms with Gasteiger partial charge in [-0.15, -0.1) is 0 Å². The van der Waals surface area contributed by atoms with Gasteiger partial charge in [-0.25, -0.2) is 13.4 Å². The van der Waals surface area contributed by atoms with Crippen molar-refractivity contribution in [3.63, 3.8) is 0 Å². The zero-order valence-electron chi connectivity index (χ0n) is 19.9. The molecule has 1 saturated carbocycles. The van der Waals surface area contributed by atoms with Gasteiger partial charge in [0.15, 0.2) is 0 Å². The summed E-state index contributed by atoms with van der Waals surface area (Å²) in [5, 5.41) is 4.05. The van der Waals surface area contributed by atoms with Crippen LogP contribution in [-0.2, 0) is 10.0 Å². The van der Waals surface area contributed by atoms with Gasteiger partial charge in [0, 0.05) is 11.6 Å². The standard InChI is InChI=1S/C25H27N5O4S/c1-15-8-11-20(12-9-15)35(32,33)29-16(2)24-27-23(28-34-24)18-10-13-22-21(14-18)26-17(3)25(31)30(22)19-6-4-5-7-19/h8-14,16,19,29H,4-7H2,1-3H3/t16-/m1/s1. The lowest BCUT2D eigenvalue weighted by Gasteiger charge is -2.17. The maximum Gasteiger partial charge on any atom is 0.272 e. The molecular weight excluding hydrogens is 466 g/mol. The lowest BCUT2D eigenvalue weighted by atomic mass is 10.1. The van der Waals surface area contributed by atoms with E-state index in [0.29, 0.717) is 22.6 Å². The van der Waals surface area contributed by atoms with E-state index in [1.807, 2.05) is 29.7 Å². The Bertz CT molecular complexity index is 1550. The molecule has 4 aromatic rings. The highest BCUT2D eigenvalue weighted by Crippen LogP contribution is 2.31. The molecule has 1 aliphatic carbocycles. The molecule has 0 spiro atoms. The van der Waals surface area contributed by atoms with Crippen molar-refractivity contribution in [1.82, 2.24) is 24.4 Å². The molecule has 0 radical (unpaired) electrons. The topological polar surface area (TPSA) is 120 Å². The second-order valence-electron chi connectivity index (χ2n) is 9.13. The number of hydrogen-bond acceptors (Lipinski definition) is 7. The van der Waals surface area contributed by atoms with Crippen LogP contribution in [0.1, 0.15) is 61.8 Å². The quantitative estimate of drug-likeness (QED) is 0.427. The van der Waals surface area contributed by atoms with Crippen molar-refractivity contribution in [2.45, 2.75) is 63.4 Å². The Morgan fingerprint density at radius 2 is 1.77 bits per heavy atom. The Morgan fingerprint density at radius 3 is 2.49 bits per heavy atom. The third-order valence-electron chi connectivity index (χ3n) is 6.47. The number of nitrogens with zero attached hydrogens (tertiary/aromatic N) is 4. The second-order valence-corrected chi connectivity index (χ2v) is 10.8. The van der Waals surface area contributed by atoms with Gasteiger partial charge in [-0.05, 0) is 63.9 Å². The first-order valence-electron chi connectivity index (χ1n) is 11.7. The van der Waals surface area contributed by atoms with Gasteiger partial charge in [-0.3, -0.25) is 4.79 Å². The van der Waals surface area contributed by atoms with Crippen molar-refractivity contribution in [2.75, 3.05) is 0 Å². The molecule has 9 nitrogen and oxygen atoms in total. The van der Waals surface area contributed by atoms with E-state index in [-0.39, 0.29) is 22.4 Å². The zero-order chi connectivity index (χ0) is 24.7. The summed E-state index contributed by atoms with van der Waals surface area (Å²) in [6, 6.07) is 11.6. The van der Waals surface area contributed by atoms with Gasteiger partial charge in [-0.2, -0.15) is 9.71 Å². The van der Waals surface area contributed by atoms with Crippen molar-refractivity contribution < 1.29 is 12.9 Å². The smallest absolute Gasteiger partial charge is 0.272 e. The lowest BCUT2D eigenvalue weighted by Crippen LogP contribution is -2.27. The van der Waals surface area contributed by atoms with Crippen LogP contribution in [0, 0.1) is 13.8 Å². The molecule has 1 N–H and O–H groups in total. The van der Waals surface area contributed by atoms with E-state index in [9.17, 15) is 13.2 Å². The van der Waals surface area contributed by atoms with Gasteiger partial charge >= 0.3 is 0 Å². The van der Waals surface area contributed by atoms with Crippen molar-refractivity contribution in [2.24, 2.45) is 0 Å². The summed E-state index contributed by atoms with van der Waals surface area (Å²) in [6.07, 6.45) is 4.22. The molecule has 1 aliphatic rings. The molecule has 0 bridgehead atoms. The normalized spacial score (nSPS) is 15.6. The van der Waals surface area contributed by atoms with Crippen molar-refractivity contribution in [3.8, 4) is 11.4 Å². The van der Waals surface area contributed by atoms with Crippen LogP contribution >= 0.6 is 0 Å². The molecule has 2 heterocycles. The summed E-state index contributed by atoms with van der Waals surface area (Å²) >= 11 is 0. The Labute approximate surface area is 203 Å². The summed E-state index contributed by atoms with van der Waals surface area (Å²) in [6.45, 7) is 5.27. The molecule has 0 unspecified atom stereocenters. The average molecular weight is 494 g/mol. The predicted octanol–water partition coefficient (Wildman–Crippen LogP) is 4.22. The molecule has 182 valence electrons. The highest BCUT2D eigenvalue weighted by molar-refractivity contribution is 7.89. The third kappa shape index (κ3) is 4.51. The molecule has 10 heteroatoms. The number of aryl methyl sites for hydroxylation is 2. The minimum Gasteiger partial charge on any atom is -0.337 e. The Balaban J connectivity index is 1.43. The average Bonchev–Trinajstić information content (AvgIpc) is 3.52. The number of rotatable bonds is 6. The predicted molar refractivity (Wildman–Crippen MR) is 131 cm³/mol. The molecule has 1 atom stereocenters. The summed E-state index contributed by atoms with van der Waals surface area (Å²) in [7, 11) is -3.75. The number of fused-ring (bicyclic) bond motifs is 1. The number of hydrogen-bond donors (Lipinski definition) is 1. The van der Waals surface area contributed by atoms with Crippen molar-refractivity contribution in [3.05, 3.63) is 70.0 Å². The van der Waals surface area contributed by atoms with Crippen LogP contribution in [-0.4, -0.2) is 28.1 Å². The van der Waals surface area contributed by atoms with Crippen LogP contribution in [0.5, 0.6) is 0 Å². The van der Waals surface area contributed by atoms with Gasteiger partial charge in [0.2, 0.25) is 21.7 Å². The maximum atomic E-state index is 12.8. The van der Waals surface area contributed by atoms with Crippen LogP contribution < -0.4 is 10.3 Å². The summed E-state index contributed by atoms with van der Waals surface area (Å²) < 4.78 is 35.3. The zero-order valence-corrected chi connectivity index (χ0v) is 20.7. The second kappa shape index (κ2) is 9.01. The fourth-order valence-corrected chi connectivity index (χ4v) is 5.79. The molecule has 2 aromatic carbocycles. The molecule has 0 aliphatic heterocycles. The van der Waals surface area contributed by atoms with Crippen LogP contribution in [0.2, 0.25) is 0 Å². The number of sulfonamides is 1. The molecule has 35 heavy (non-hydrogen) atoms. The van der Waals surface area contributed by atoms with E-state index in [1.165, 1.54) is 0 Å². The summed E-state index contributed by atoms with van der Waals surface area (Å²) in [5.41, 5.74) is 3.52. The molecule has 0 saturated heterocycles. The van der Waals surface area contributed by atoms with E-state index >= 15 is 0 Å². The fraction of sp³-hybridized carbons (Fsp3) is 0.360. The summed E-state index contributed by atoms with van der Waals surface area (Å²) in [4.78, 5) is 21.9. The molecule has 2 aromatic heterocycles. The Morgan fingerprint density at radius 1 is 1.06 bits per heavy atom. The van der Waals surface area contributed by atoms with Crippen LogP contribution in [0.15, 0.2) is 56.7 Å². The number of benzene rings is 2. The first-order chi connectivity index (χ1) is 16.7. The highest BCUT2D eigenvalue weighted by Gasteiger charge is 2.24. The maximum absolute atomic E-state index is 12.8. The SMILES string of the molecule is Cc1ccc(S(=O)(=O)N[C@H](C)c2nc(-c3ccc4c(c3)nc(C)c(=O)n4C3CCCC3)no2)cc1. The Hall–Kier alpha value is -3.37. The molecular formula is C25H27N5O4S.